The topological polar surface area (TPSA) is 80.0 Å². The lowest BCUT2D eigenvalue weighted by atomic mass is 10.0. The molecular weight excluding hydrogens is 334 g/mol. The summed E-state index contributed by atoms with van der Waals surface area (Å²) >= 11 is 0. The number of benzene rings is 1. The summed E-state index contributed by atoms with van der Waals surface area (Å²) in [5.74, 6) is -0.950. The van der Waals surface area contributed by atoms with E-state index in [2.05, 4.69) is 0 Å². The van der Waals surface area contributed by atoms with Crippen LogP contribution in [-0.2, 0) is 20.7 Å². The fraction of sp³-hybridized carbons (Fsp3) is 0.500. The second-order valence-corrected chi connectivity index (χ2v) is 6.90. The van der Waals surface area contributed by atoms with Gasteiger partial charge in [0.15, 0.2) is 0 Å². The van der Waals surface area contributed by atoms with Crippen LogP contribution in [0.25, 0.3) is 11.0 Å². The maximum absolute atomic E-state index is 13.0. The molecule has 6 nitrogen and oxygen atoms in total. The fourth-order valence-electron chi connectivity index (χ4n) is 3.51. The predicted molar refractivity (Wildman–Crippen MR) is 97.2 cm³/mol. The van der Waals surface area contributed by atoms with Gasteiger partial charge in [-0.15, -0.1) is 0 Å². The van der Waals surface area contributed by atoms with Gasteiger partial charge in [0.2, 0.25) is 5.91 Å². The molecule has 0 bridgehead atoms. The van der Waals surface area contributed by atoms with Crippen LogP contribution in [0.5, 0.6) is 0 Å². The van der Waals surface area contributed by atoms with Gasteiger partial charge in [-0.1, -0.05) is 12.1 Å². The van der Waals surface area contributed by atoms with E-state index in [9.17, 15) is 9.59 Å². The summed E-state index contributed by atoms with van der Waals surface area (Å²) in [6, 6.07) is 4.06. The van der Waals surface area contributed by atoms with Gasteiger partial charge in [0.05, 0.1) is 19.1 Å². The number of furan rings is 1. The average molecular weight is 359 g/mol. The Balaban J connectivity index is 1.80. The molecular formula is C20H25NO5. The summed E-state index contributed by atoms with van der Waals surface area (Å²) in [7, 11) is 0. The van der Waals surface area contributed by atoms with Gasteiger partial charge in [0, 0.05) is 36.8 Å². The number of carbonyl (C=O) groups is 2. The van der Waals surface area contributed by atoms with Crippen molar-refractivity contribution in [1.29, 1.82) is 0 Å². The monoisotopic (exact) mass is 359 g/mol. The lowest BCUT2D eigenvalue weighted by Gasteiger charge is -2.34. The minimum Gasteiger partial charge on any atom is -0.481 e. The Hall–Kier alpha value is -2.34. The van der Waals surface area contributed by atoms with Gasteiger partial charge in [0.25, 0.3) is 0 Å². The molecule has 2 heterocycles. The Kier molecular flexibility index (Phi) is 5.61. The Morgan fingerprint density at radius 2 is 1.96 bits per heavy atom. The highest BCUT2D eigenvalue weighted by molar-refractivity contribution is 5.89. The number of nitrogens with zero attached hydrogens (tertiary/aromatic N) is 1. The van der Waals surface area contributed by atoms with Gasteiger partial charge in [-0.3, -0.25) is 9.59 Å². The highest BCUT2D eigenvalue weighted by Crippen LogP contribution is 2.27. The van der Waals surface area contributed by atoms with Crippen molar-refractivity contribution in [3.63, 3.8) is 0 Å². The molecule has 2 aromatic rings. The summed E-state index contributed by atoms with van der Waals surface area (Å²) in [6.07, 6.45) is 3.31. The van der Waals surface area contributed by atoms with Crippen molar-refractivity contribution < 1.29 is 23.8 Å². The van der Waals surface area contributed by atoms with E-state index in [0.717, 1.165) is 40.5 Å². The van der Waals surface area contributed by atoms with Crippen LogP contribution in [0, 0.1) is 13.8 Å². The number of hydrogen-bond donors (Lipinski definition) is 1. The Morgan fingerprint density at radius 3 is 2.65 bits per heavy atom. The van der Waals surface area contributed by atoms with Gasteiger partial charge >= 0.3 is 5.97 Å². The fourth-order valence-corrected chi connectivity index (χ4v) is 3.51. The normalized spacial score (nSPS) is 15.3. The Labute approximate surface area is 152 Å². The molecule has 1 N–H and O–H groups in total. The number of rotatable bonds is 6. The third-order valence-electron chi connectivity index (χ3n) is 5.20. The molecule has 0 atom stereocenters. The summed E-state index contributed by atoms with van der Waals surface area (Å²) in [5, 5.41) is 9.97. The van der Waals surface area contributed by atoms with Crippen molar-refractivity contribution in [3.8, 4) is 0 Å². The summed E-state index contributed by atoms with van der Waals surface area (Å²) in [6.45, 7) is 5.48. The number of carboxylic acids is 1. The van der Waals surface area contributed by atoms with Crippen LogP contribution in [0.1, 0.15) is 36.0 Å². The van der Waals surface area contributed by atoms with E-state index in [0.29, 0.717) is 13.2 Å². The van der Waals surface area contributed by atoms with Crippen molar-refractivity contribution >= 4 is 22.8 Å². The standard InChI is InChI=1S/C20H25NO5/c1-13-3-4-17-15(12-26-20(17)14(13)2)11-18(22)21(8-5-19(23)24)16-6-9-25-10-7-16/h3-4,12,16H,5-11H2,1-2H3,(H,23,24). The molecule has 0 saturated carbocycles. The Morgan fingerprint density at radius 1 is 1.23 bits per heavy atom. The smallest absolute Gasteiger partial charge is 0.305 e. The minimum atomic E-state index is -0.894. The molecule has 1 amide bonds. The molecule has 1 aromatic heterocycles. The molecule has 1 saturated heterocycles. The molecule has 1 fully saturated rings. The van der Waals surface area contributed by atoms with Crippen LogP contribution < -0.4 is 0 Å². The summed E-state index contributed by atoms with van der Waals surface area (Å²) in [5.41, 5.74) is 3.89. The molecule has 6 heteroatoms. The van der Waals surface area contributed by atoms with Crippen LogP contribution in [0.4, 0.5) is 0 Å². The summed E-state index contributed by atoms with van der Waals surface area (Å²) in [4.78, 5) is 25.7. The van der Waals surface area contributed by atoms with Crippen LogP contribution in [0.2, 0.25) is 0 Å². The van der Waals surface area contributed by atoms with Gasteiger partial charge < -0.3 is 19.2 Å². The highest BCUT2D eigenvalue weighted by atomic mass is 16.5. The van der Waals surface area contributed by atoms with Crippen LogP contribution in [-0.4, -0.2) is 47.7 Å². The first-order valence-corrected chi connectivity index (χ1v) is 9.02. The van der Waals surface area contributed by atoms with Crippen LogP contribution in [0.15, 0.2) is 22.8 Å². The van der Waals surface area contributed by atoms with Crippen molar-refractivity contribution in [3.05, 3.63) is 35.1 Å². The van der Waals surface area contributed by atoms with E-state index < -0.39 is 5.97 Å². The number of fused-ring (bicyclic) bond motifs is 1. The zero-order valence-electron chi connectivity index (χ0n) is 15.3. The van der Waals surface area contributed by atoms with E-state index in [4.69, 9.17) is 14.3 Å². The SMILES string of the molecule is Cc1ccc2c(CC(=O)N(CCC(=O)O)C3CCOCC3)coc2c1C. The first-order valence-electron chi connectivity index (χ1n) is 9.02. The van der Waals surface area contributed by atoms with E-state index in [1.807, 2.05) is 26.0 Å². The highest BCUT2D eigenvalue weighted by Gasteiger charge is 2.27. The summed E-state index contributed by atoms with van der Waals surface area (Å²) < 4.78 is 11.1. The number of carboxylic acid groups (broad SMARTS) is 1. The van der Waals surface area contributed by atoms with Gasteiger partial charge in [-0.2, -0.15) is 0 Å². The van der Waals surface area contributed by atoms with Crippen molar-refractivity contribution in [2.75, 3.05) is 19.8 Å². The molecule has 0 spiro atoms. The van der Waals surface area contributed by atoms with Crippen LogP contribution >= 0.6 is 0 Å². The van der Waals surface area contributed by atoms with Crippen LogP contribution in [0.3, 0.4) is 0 Å². The predicted octanol–water partition coefficient (Wildman–Crippen LogP) is 3.07. The number of ether oxygens (including phenoxy) is 1. The lowest BCUT2D eigenvalue weighted by molar-refractivity contribution is -0.140. The number of amides is 1. The quantitative estimate of drug-likeness (QED) is 0.857. The zero-order chi connectivity index (χ0) is 18.7. The van der Waals surface area contributed by atoms with Crippen molar-refractivity contribution in [1.82, 2.24) is 4.90 Å². The van der Waals surface area contributed by atoms with E-state index in [1.54, 1.807) is 11.2 Å². The molecule has 1 aliphatic heterocycles. The van der Waals surface area contributed by atoms with E-state index in [-0.39, 0.29) is 31.3 Å². The molecule has 1 aromatic carbocycles. The second-order valence-electron chi connectivity index (χ2n) is 6.90. The first kappa shape index (κ1) is 18.5. The largest absolute Gasteiger partial charge is 0.481 e. The lowest BCUT2D eigenvalue weighted by Crippen LogP contribution is -2.45. The van der Waals surface area contributed by atoms with E-state index >= 15 is 0 Å². The molecule has 0 radical (unpaired) electrons. The number of carbonyl (C=O) groups excluding carboxylic acids is 1. The Bertz CT molecular complexity index is 804. The van der Waals surface area contributed by atoms with Crippen molar-refractivity contribution in [2.24, 2.45) is 0 Å². The molecule has 0 aliphatic carbocycles. The van der Waals surface area contributed by atoms with Gasteiger partial charge in [-0.05, 0) is 37.8 Å². The number of aryl methyl sites for hydroxylation is 2. The van der Waals surface area contributed by atoms with Gasteiger partial charge in [-0.25, -0.2) is 0 Å². The van der Waals surface area contributed by atoms with Gasteiger partial charge in [0.1, 0.15) is 5.58 Å². The molecule has 0 unspecified atom stereocenters. The van der Waals surface area contributed by atoms with E-state index in [1.165, 1.54) is 0 Å². The zero-order valence-corrected chi connectivity index (χ0v) is 15.3. The van der Waals surface area contributed by atoms with Crippen molar-refractivity contribution in [2.45, 2.75) is 45.6 Å². The molecule has 1 aliphatic rings. The maximum Gasteiger partial charge on any atom is 0.305 e. The molecule has 3 rings (SSSR count). The number of hydrogen-bond acceptors (Lipinski definition) is 4. The third kappa shape index (κ3) is 3.90. The first-order chi connectivity index (χ1) is 12.5. The minimum absolute atomic E-state index is 0.0396. The second kappa shape index (κ2) is 7.91. The molecule has 140 valence electrons. The third-order valence-corrected chi connectivity index (χ3v) is 5.20. The maximum atomic E-state index is 13.0. The molecule has 26 heavy (non-hydrogen) atoms. The average Bonchev–Trinajstić information content (AvgIpc) is 3.02. The number of aliphatic carboxylic acids is 1.